The Morgan fingerprint density at radius 3 is 2.24 bits per heavy atom. The molecule has 0 fully saturated rings. The smallest absolute Gasteiger partial charge is 0.0545 e. The maximum absolute atomic E-state index is 3.66. The Morgan fingerprint density at radius 1 is 0.680 bits per heavy atom. The van der Waals surface area contributed by atoms with Crippen LogP contribution in [0.2, 0.25) is 0 Å². The summed E-state index contributed by atoms with van der Waals surface area (Å²) >= 11 is 1.90. The highest BCUT2D eigenvalue weighted by Crippen LogP contribution is 2.41. The maximum atomic E-state index is 3.66. The molecule has 25 heavy (non-hydrogen) atoms. The molecule has 2 heteroatoms. The van der Waals surface area contributed by atoms with Crippen molar-refractivity contribution in [3.63, 3.8) is 0 Å². The molecule has 6 rings (SSSR count). The zero-order chi connectivity index (χ0) is 16.5. The molecule has 4 aromatic carbocycles. The topological polar surface area (TPSA) is 15.8 Å². The van der Waals surface area contributed by atoms with Gasteiger partial charge >= 0.3 is 0 Å². The van der Waals surface area contributed by atoms with Gasteiger partial charge in [0.1, 0.15) is 0 Å². The molecule has 0 radical (unpaired) electrons. The standard InChI is InChI=1S/C23H15NS/c1-13-6-7-14-16-8-11-19-17(22(16)24-20(14)12-13)9-10-18-15-4-2-3-5-21(15)25-23(18)19/h2-12,24H,1H3. The van der Waals surface area contributed by atoms with Crippen molar-refractivity contribution in [1.82, 2.24) is 4.98 Å². The minimum Gasteiger partial charge on any atom is -0.354 e. The summed E-state index contributed by atoms with van der Waals surface area (Å²) in [4.78, 5) is 3.66. The Kier molecular flexibility index (Phi) is 2.48. The predicted octanol–water partition coefficient (Wildman–Crippen LogP) is 7.15. The van der Waals surface area contributed by atoms with Crippen molar-refractivity contribution in [3.05, 3.63) is 72.3 Å². The maximum Gasteiger partial charge on any atom is 0.0545 e. The second-order valence-electron chi connectivity index (χ2n) is 6.80. The molecule has 0 spiro atoms. The zero-order valence-electron chi connectivity index (χ0n) is 13.8. The third-order valence-corrected chi connectivity index (χ3v) is 6.49. The third kappa shape index (κ3) is 1.72. The van der Waals surface area contributed by atoms with Crippen LogP contribution < -0.4 is 0 Å². The summed E-state index contributed by atoms with van der Waals surface area (Å²) in [5.41, 5.74) is 3.76. The van der Waals surface area contributed by atoms with Crippen LogP contribution in [0, 0.1) is 6.92 Å². The van der Waals surface area contributed by atoms with Gasteiger partial charge in [-0.1, -0.05) is 54.6 Å². The number of fused-ring (bicyclic) bond motifs is 9. The molecule has 6 aromatic rings. The van der Waals surface area contributed by atoms with Crippen molar-refractivity contribution < 1.29 is 0 Å². The van der Waals surface area contributed by atoms with E-state index in [0.29, 0.717) is 0 Å². The Balaban J connectivity index is 1.83. The first-order valence-corrected chi connectivity index (χ1v) is 9.36. The van der Waals surface area contributed by atoms with Gasteiger partial charge in [0.15, 0.2) is 0 Å². The lowest BCUT2D eigenvalue weighted by molar-refractivity contribution is 1.48. The zero-order valence-corrected chi connectivity index (χ0v) is 14.6. The van der Waals surface area contributed by atoms with Crippen molar-refractivity contribution in [2.75, 3.05) is 0 Å². The van der Waals surface area contributed by atoms with Crippen LogP contribution in [0.5, 0.6) is 0 Å². The molecule has 0 amide bonds. The molecule has 0 atom stereocenters. The molecule has 2 heterocycles. The molecule has 0 saturated carbocycles. The normalized spacial score (nSPS) is 12.2. The van der Waals surface area contributed by atoms with E-state index >= 15 is 0 Å². The van der Waals surface area contributed by atoms with E-state index in [1.165, 1.54) is 58.3 Å². The first-order chi connectivity index (χ1) is 12.3. The number of H-pyrrole nitrogens is 1. The minimum absolute atomic E-state index is 1.22. The van der Waals surface area contributed by atoms with E-state index in [2.05, 4.69) is 78.6 Å². The van der Waals surface area contributed by atoms with E-state index in [1.807, 2.05) is 11.3 Å². The molecular weight excluding hydrogens is 322 g/mol. The van der Waals surface area contributed by atoms with Crippen LogP contribution >= 0.6 is 11.3 Å². The van der Waals surface area contributed by atoms with Gasteiger partial charge in [-0.25, -0.2) is 0 Å². The SMILES string of the molecule is Cc1ccc2c(c1)[nH]c1c2ccc2c1ccc1c3ccccc3sc12. The highest BCUT2D eigenvalue weighted by molar-refractivity contribution is 7.26. The molecule has 0 aliphatic carbocycles. The Hall–Kier alpha value is -2.84. The molecule has 0 aliphatic rings. The average Bonchev–Trinajstić information content (AvgIpc) is 3.19. The van der Waals surface area contributed by atoms with Crippen LogP contribution in [0.4, 0.5) is 0 Å². The molecule has 0 bridgehead atoms. The average molecular weight is 337 g/mol. The molecule has 0 aliphatic heterocycles. The van der Waals surface area contributed by atoms with Gasteiger partial charge in [-0.3, -0.25) is 0 Å². The van der Waals surface area contributed by atoms with Crippen molar-refractivity contribution in [1.29, 1.82) is 0 Å². The fourth-order valence-corrected chi connectivity index (χ4v) is 5.31. The van der Waals surface area contributed by atoms with Crippen LogP contribution in [0.15, 0.2) is 66.7 Å². The van der Waals surface area contributed by atoms with Gasteiger partial charge in [0.25, 0.3) is 0 Å². The van der Waals surface area contributed by atoms with E-state index in [1.54, 1.807) is 0 Å². The van der Waals surface area contributed by atoms with E-state index in [9.17, 15) is 0 Å². The Bertz CT molecular complexity index is 1450. The number of aryl methyl sites for hydroxylation is 1. The second-order valence-corrected chi connectivity index (χ2v) is 7.85. The first-order valence-electron chi connectivity index (χ1n) is 8.54. The number of nitrogens with one attached hydrogen (secondary N) is 1. The van der Waals surface area contributed by atoms with Crippen LogP contribution in [0.3, 0.4) is 0 Å². The lowest BCUT2D eigenvalue weighted by atomic mass is 10.0. The molecule has 2 aromatic heterocycles. The fraction of sp³-hybridized carbons (Fsp3) is 0.0435. The van der Waals surface area contributed by atoms with E-state index in [0.717, 1.165) is 0 Å². The van der Waals surface area contributed by atoms with Gasteiger partial charge in [-0.2, -0.15) is 0 Å². The Labute approximate surface area is 148 Å². The second kappa shape index (κ2) is 4.62. The number of thiophene rings is 1. The highest BCUT2D eigenvalue weighted by Gasteiger charge is 2.12. The van der Waals surface area contributed by atoms with Crippen LogP contribution in [0.1, 0.15) is 5.56 Å². The van der Waals surface area contributed by atoms with E-state index in [4.69, 9.17) is 0 Å². The summed E-state index contributed by atoms with van der Waals surface area (Å²) in [5.74, 6) is 0. The number of rotatable bonds is 0. The van der Waals surface area contributed by atoms with Gasteiger partial charge in [0.05, 0.1) is 5.52 Å². The van der Waals surface area contributed by atoms with Crippen molar-refractivity contribution >= 4 is 64.1 Å². The van der Waals surface area contributed by atoms with Gasteiger partial charge in [0, 0.05) is 47.2 Å². The number of aromatic amines is 1. The first kappa shape index (κ1) is 13.5. The molecule has 1 N–H and O–H groups in total. The molecule has 0 saturated heterocycles. The number of hydrogen-bond acceptors (Lipinski definition) is 1. The summed E-state index contributed by atoms with van der Waals surface area (Å²) in [7, 11) is 0. The molecule has 1 nitrogen and oxygen atoms in total. The van der Waals surface area contributed by atoms with Crippen molar-refractivity contribution in [3.8, 4) is 0 Å². The monoisotopic (exact) mass is 337 g/mol. The van der Waals surface area contributed by atoms with Gasteiger partial charge in [0.2, 0.25) is 0 Å². The van der Waals surface area contributed by atoms with Gasteiger partial charge in [-0.05, 0) is 24.6 Å². The van der Waals surface area contributed by atoms with Crippen LogP contribution in [-0.2, 0) is 0 Å². The summed E-state index contributed by atoms with van der Waals surface area (Å²) in [6.07, 6.45) is 0. The number of aromatic nitrogens is 1. The summed E-state index contributed by atoms with van der Waals surface area (Å²) in [6.45, 7) is 2.14. The van der Waals surface area contributed by atoms with E-state index < -0.39 is 0 Å². The summed E-state index contributed by atoms with van der Waals surface area (Å²) < 4.78 is 2.74. The van der Waals surface area contributed by atoms with Crippen molar-refractivity contribution in [2.24, 2.45) is 0 Å². The molecule has 0 unspecified atom stereocenters. The van der Waals surface area contributed by atoms with Gasteiger partial charge < -0.3 is 4.98 Å². The quantitative estimate of drug-likeness (QED) is 0.303. The lowest BCUT2D eigenvalue weighted by Gasteiger charge is -2.02. The summed E-state index contributed by atoms with van der Waals surface area (Å²) in [6, 6.07) is 24.5. The largest absolute Gasteiger partial charge is 0.354 e. The number of hydrogen-bond donors (Lipinski definition) is 1. The van der Waals surface area contributed by atoms with Gasteiger partial charge in [-0.15, -0.1) is 11.3 Å². The van der Waals surface area contributed by atoms with Crippen LogP contribution in [0.25, 0.3) is 52.8 Å². The molecule has 118 valence electrons. The number of benzene rings is 4. The highest BCUT2D eigenvalue weighted by atomic mass is 32.1. The fourth-order valence-electron chi connectivity index (χ4n) is 4.08. The summed E-state index contributed by atoms with van der Waals surface area (Å²) in [5, 5.41) is 7.98. The third-order valence-electron chi connectivity index (χ3n) is 5.27. The predicted molar refractivity (Wildman–Crippen MR) is 111 cm³/mol. The van der Waals surface area contributed by atoms with Crippen molar-refractivity contribution in [2.45, 2.75) is 6.92 Å². The Morgan fingerprint density at radius 2 is 1.36 bits per heavy atom. The van der Waals surface area contributed by atoms with Crippen LogP contribution in [-0.4, -0.2) is 4.98 Å². The van der Waals surface area contributed by atoms with E-state index in [-0.39, 0.29) is 0 Å². The minimum atomic E-state index is 1.22. The molecular formula is C23H15NS. The lowest BCUT2D eigenvalue weighted by Crippen LogP contribution is -1.76.